The van der Waals surface area contributed by atoms with Gasteiger partial charge >= 0.3 is 0 Å². The highest BCUT2D eigenvalue weighted by atomic mass is 35.5. The first-order chi connectivity index (χ1) is 19.3. The quantitative estimate of drug-likeness (QED) is 0.200. The number of nitrogens with zero attached hydrogens (tertiary/aromatic N) is 2. The molecule has 39 heavy (non-hydrogen) atoms. The van der Waals surface area contributed by atoms with E-state index < -0.39 is 0 Å². The molecule has 0 atom stereocenters. The number of thiophene rings is 2. The van der Waals surface area contributed by atoms with E-state index >= 15 is 0 Å². The molecule has 2 aromatic heterocycles. The molecule has 5 heteroatoms. The highest BCUT2D eigenvalue weighted by Crippen LogP contribution is 2.51. The summed E-state index contributed by atoms with van der Waals surface area (Å²) in [6, 6.07) is 46.2. The molecule has 0 spiro atoms. The van der Waals surface area contributed by atoms with E-state index in [1.807, 2.05) is 23.5 Å². The molecule has 0 aliphatic heterocycles. The highest BCUT2D eigenvalue weighted by Gasteiger charge is 2.24. The van der Waals surface area contributed by atoms with Gasteiger partial charge in [0.05, 0.1) is 26.1 Å². The van der Waals surface area contributed by atoms with Crippen molar-refractivity contribution in [2.24, 2.45) is 0 Å². The third kappa shape index (κ3) is 4.27. The minimum absolute atomic E-state index is 0.688. The Hall–Kier alpha value is -4.09. The Balaban J connectivity index is 1.47. The number of para-hydroxylation sites is 3. The van der Waals surface area contributed by atoms with Crippen molar-refractivity contribution in [3.63, 3.8) is 0 Å². The number of benzene rings is 5. The number of hydrogen-bond donors (Lipinski definition) is 0. The second-order valence-corrected chi connectivity index (χ2v) is 11.7. The summed E-state index contributed by atoms with van der Waals surface area (Å²) in [7, 11) is 0. The lowest BCUT2D eigenvalue weighted by Crippen LogP contribution is -2.14. The van der Waals surface area contributed by atoms with E-state index in [-0.39, 0.29) is 0 Å². The summed E-state index contributed by atoms with van der Waals surface area (Å²) in [6.07, 6.45) is 0. The van der Waals surface area contributed by atoms with Gasteiger partial charge in [-0.25, -0.2) is 0 Å². The van der Waals surface area contributed by atoms with Crippen LogP contribution in [0.4, 0.5) is 34.1 Å². The van der Waals surface area contributed by atoms with E-state index in [0.29, 0.717) is 5.02 Å². The number of fused-ring (bicyclic) bond motifs is 3. The van der Waals surface area contributed by atoms with E-state index in [2.05, 4.69) is 137 Å². The Bertz CT molecular complexity index is 1840. The molecule has 0 saturated heterocycles. The highest BCUT2D eigenvalue weighted by molar-refractivity contribution is 7.41. The van der Waals surface area contributed by atoms with Gasteiger partial charge in [-0.3, -0.25) is 0 Å². The summed E-state index contributed by atoms with van der Waals surface area (Å²) in [5, 5.41) is 5.49. The molecule has 5 aromatic carbocycles. The zero-order valence-corrected chi connectivity index (χ0v) is 23.3. The van der Waals surface area contributed by atoms with E-state index in [1.165, 1.54) is 19.5 Å². The van der Waals surface area contributed by atoms with Crippen molar-refractivity contribution in [1.29, 1.82) is 0 Å². The van der Waals surface area contributed by atoms with Crippen molar-refractivity contribution < 1.29 is 0 Å². The van der Waals surface area contributed by atoms with Crippen LogP contribution in [0.3, 0.4) is 0 Å². The Morgan fingerprint density at radius 3 is 1.62 bits per heavy atom. The zero-order chi connectivity index (χ0) is 26.2. The first kappa shape index (κ1) is 24.0. The van der Waals surface area contributed by atoms with Crippen LogP contribution in [0.5, 0.6) is 0 Å². The van der Waals surface area contributed by atoms with Crippen molar-refractivity contribution in [2.45, 2.75) is 0 Å². The van der Waals surface area contributed by atoms with Crippen LogP contribution in [0.1, 0.15) is 0 Å². The van der Waals surface area contributed by atoms with Crippen LogP contribution in [0.25, 0.3) is 19.5 Å². The third-order valence-electron chi connectivity index (χ3n) is 6.82. The molecular weight excluding hydrogens is 536 g/mol. The van der Waals surface area contributed by atoms with Crippen molar-refractivity contribution in [1.82, 2.24) is 0 Å². The summed E-state index contributed by atoms with van der Waals surface area (Å²) in [6.45, 7) is 0. The molecule has 0 radical (unpaired) electrons. The van der Waals surface area contributed by atoms with E-state index in [1.54, 1.807) is 11.3 Å². The molecule has 0 aliphatic rings. The fourth-order valence-corrected chi connectivity index (χ4v) is 7.72. The van der Waals surface area contributed by atoms with Crippen LogP contribution >= 0.6 is 34.3 Å². The van der Waals surface area contributed by atoms with E-state index in [9.17, 15) is 0 Å². The lowest BCUT2D eigenvalue weighted by atomic mass is 10.1. The van der Waals surface area contributed by atoms with Gasteiger partial charge < -0.3 is 9.80 Å². The smallest absolute Gasteiger partial charge is 0.0899 e. The molecule has 0 fully saturated rings. The van der Waals surface area contributed by atoms with Gasteiger partial charge in [0, 0.05) is 37.9 Å². The average molecular weight is 559 g/mol. The van der Waals surface area contributed by atoms with Crippen LogP contribution in [0, 0.1) is 0 Å². The maximum absolute atomic E-state index is 7.43. The van der Waals surface area contributed by atoms with Gasteiger partial charge in [-0.2, -0.15) is 0 Å². The van der Waals surface area contributed by atoms with Crippen LogP contribution < -0.4 is 9.80 Å². The molecule has 0 aliphatic carbocycles. The van der Waals surface area contributed by atoms with E-state index in [4.69, 9.17) is 11.6 Å². The Morgan fingerprint density at radius 1 is 0.487 bits per heavy atom. The lowest BCUT2D eigenvalue weighted by molar-refractivity contribution is 1.26. The monoisotopic (exact) mass is 558 g/mol. The molecule has 2 heterocycles. The number of anilines is 6. The van der Waals surface area contributed by atoms with Gasteiger partial charge in [0.15, 0.2) is 0 Å². The minimum atomic E-state index is 0.688. The predicted molar refractivity (Wildman–Crippen MR) is 172 cm³/mol. The van der Waals surface area contributed by atoms with Crippen molar-refractivity contribution in [3.05, 3.63) is 144 Å². The van der Waals surface area contributed by atoms with Gasteiger partial charge in [0.2, 0.25) is 0 Å². The Kier molecular flexibility index (Phi) is 6.29. The van der Waals surface area contributed by atoms with Crippen molar-refractivity contribution in [2.75, 3.05) is 9.80 Å². The largest absolute Gasteiger partial charge is 0.309 e. The lowest BCUT2D eigenvalue weighted by Gasteiger charge is -2.30. The summed E-state index contributed by atoms with van der Waals surface area (Å²) >= 11 is 11.1. The minimum Gasteiger partial charge on any atom is -0.309 e. The second-order valence-electron chi connectivity index (χ2n) is 9.17. The van der Waals surface area contributed by atoms with Crippen molar-refractivity contribution >= 4 is 87.9 Å². The Morgan fingerprint density at radius 2 is 1.00 bits per heavy atom. The Labute approximate surface area is 240 Å². The first-order valence-corrected chi connectivity index (χ1v) is 14.8. The zero-order valence-electron chi connectivity index (χ0n) is 20.9. The van der Waals surface area contributed by atoms with Gasteiger partial charge in [0.25, 0.3) is 0 Å². The number of rotatable bonds is 6. The normalized spacial score (nSPS) is 11.2. The van der Waals surface area contributed by atoms with Gasteiger partial charge in [-0.05, 0) is 54.6 Å². The third-order valence-corrected chi connectivity index (χ3v) is 9.47. The predicted octanol–water partition coefficient (Wildman–Crippen LogP) is 11.7. The molecule has 7 rings (SSSR count). The second kappa shape index (κ2) is 10.2. The number of hydrogen-bond acceptors (Lipinski definition) is 4. The molecule has 0 bridgehead atoms. The molecular formula is C34H23ClN2S2. The fourth-order valence-electron chi connectivity index (χ4n) is 5.10. The summed E-state index contributed by atoms with van der Waals surface area (Å²) in [4.78, 5) is 4.52. The topological polar surface area (TPSA) is 6.48 Å². The van der Waals surface area contributed by atoms with Crippen LogP contribution in [0.2, 0.25) is 5.02 Å². The van der Waals surface area contributed by atoms with Gasteiger partial charge in [-0.1, -0.05) is 90.5 Å². The summed E-state index contributed by atoms with van der Waals surface area (Å²) < 4.78 is 2.61. The van der Waals surface area contributed by atoms with Crippen LogP contribution in [0.15, 0.2) is 139 Å². The standard InChI is InChI=1S/C34H23ClN2S2/c35-33-28(36(24-13-4-1-5-14-24)25-15-6-2-7-16-25)20-12-21-29(33)37(26-17-8-3-9-18-26)30-23-38-34-32(30)27-19-10-11-22-31(27)39-34/h1-23H. The molecule has 0 N–H and O–H groups in total. The maximum Gasteiger partial charge on any atom is 0.0899 e. The van der Waals surface area contributed by atoms with Crippen LogP contribution in [-0.2, 0) is 0 Å². The fraction of sp³-hybridized carbons (Fsp3) is 0. The SMILES string of the molecule is Clc1c(N(c2ccccc2)c2ccccc2)cccc1N(c1ccccc1)c1csc2sc3ccccc3c12. The van der Waals surface area contributed by atoms with E-state index in [0.717, 1.165) is 34.1 Å². The molecule has 0 unspecified atom stereocenters. The van der Waals surface area contributed by atoms with Crippen LogP contribution in [-0.4, -0.2) is 0 Å². The average Bonchev–Trinajstić information content (AvgIpc) is 3.57. The first-order valence-electron chi connectivity index (χ1n) is 12.7. The van der Waals surface area contributed by atoms with Gasteiger partial charge in [0.1, 0.15) is 0 Å². The molecule has 7 aromatic rings. The number of halogens is 1. The van der Waals surface area contributed by atoms with Crippen molar-refractivity contribution in [3.8, 4) is 0 Å². The summed E-state index contributed by atoms with van der Waals surface area (Å²) in [5.74, 6) is 0. The molecule has 0 amide bonds. The molecule has 188 valence electrons. The molecule has 0 saturated carbocycles. The summed E-state index contributed by atoms with van der Waals surface area (Å²) in [5.41, 5.74) is 6.18. The molecule has 2 nitrogen and oxygen atoms in total. The maximum atomic E-state index is 7.43. The van der Waals surface area contributed by atoms with Gasteiger partial charge in [-0.15, -0.1) is 22.7 Å².